The van der Waals surface area contributed by atoms with Gasteiger partial charge in [-0.1, -0.05) is 60.5 Å². The van der Waals surface area contributed by atoms with Crippen molar-refractivity contribution in [2.45, 2.75) is 19.4 Å². The van der Waals surface area contributed by atoms with Crippen molar-refractivity contribution in [1.82, 2.24) is 10.3 Å². The lowest BCUT2D eigenvalue weighted by Crippen LogP contribution is -2.24. The van der Waals surface area contributed by atoms with Gasteiger partial charge in [-0.25, -0.2) is 0 Å². The predicted octanol–water partition coefficient (Wildman–Crippen LogP) is 4.48. The number of nitrogens with one attached hydrogen (secondary N) is 1. The average Bonchev–Trinajstić information content (AvgIpc) is 2.42. The van der Waals surface area contributed by atoms with E-state index in [2.05, 4.69) is 29.4 Å². The van der Waals surface area contributed by atoms with Gasteiger partial charge in [-0.15, -0.1) is 0 Å². The fourth-order valence-corrected chi connectivity index (χ4v) is 2.43. The molecule has 1 N–H and O–H groups in total. The van der Waals surface area contributed by atoms with Crippen molar-refractivity contribution >= 4 is 23.2 Å². The van der Waals surface area contributed by atoms with Gasteiger partial charge in [0.2, 0.25) is 0 Å². The topological polar surface area (TPSA) is 24.9 Å². The number of aromatic nitrogens is 1. The molecule has 0 saturated heterocycles. The number of nitrogens with zero attached hydrogens (tertiary/aromatic N) is 1. The van der Waals surface area contributed by atoms with Crippen LogP contribution >= 0.6 is 23.2 Å². The summed E-state index contributed by atoms with van der Waals surface area (Å²) in [4.78, 5) is 4.38. The van der Waals surface area contributed by atoms with Crippen LogP contribution in [0, 0.1) is 0 Å². The van der Waals surface area contributed by atoms with Gasteiger partial charge in [0.1, 0.15) is 0 Å². The zero-order valence-corrected chi connectivity index (χ0v) is 12.2. The molecule has 1 atom stereocenters. The standard InChI is InChI=1S/C15H16Cl2N2/c1-2-8-18-14(11-6-4-3-5-7-11)15-13(17)9-12(16)10-19-15/h3-7,9-10,14,18H,2,8H2,1H3. The van der Waals surface area contributed by atoms with Gasteiger partial charge in [0.05, 0.1) is 21.8 Å². The first-order valence-corrected chi connectivity index (χ1v) is 7.07. The summed E-state index contributed by atoms with van der Waals surface area (Å²) in [6, 6.07) is 11.9. The van der Waals surface area contributed by atoms with Crippen molar-refractivity contribution in [3.63, 3.8) is 0 Å². The van der Waals surface area contributed by atoms with Gasteiger partial charge in [-0.2, -0.15) is 0 Å². The SMILES string of the molecule is CCCNC(c1ccccc1)c1ncc(Cl)cc1Cl. The molecule has 0 radical (unpaired) electrons. The maximum absolute atomic E-state index is 6.27. The molecule has 0 aliphatic rings. The third-order valence-electron chi connectivity index (χ3n) is 2.84. The lowest BCUT2D eigenvalue weighted by atomic mass is 10.0. The second kappa shape index (κ2) is 6.90. The smallest absolute Gasteiger partial charge is 0.0805 e. The van der Waals surface area contributed by atoms with Crippen molar-refractivity contribution in [2.75, 3.05) is 6.54 Å². The number of halogens is 2. The highest BCUT2D eigenvalue weighted by atomic mass is 35.5. The molecule has 1 aromatic heterocycles. The number of hydrogen-bond acceptors (Lipinski definition) is 2. The zero-order chi connectivity index (χ0) is 13.7. The van der Waals surface area contributed by atoms with Crippen LogP contribution in [0.1, 0.15) is 30.6 Å². The van der Waals surface area contributed by atoms with E-state index in [9.17, 15) is 0 Å². The Morgan fingerprint density at radius 1 is 1.21 bits per heavy atom. The molecule has 100 valence electrons. The fourth-order valence-electron chi connectivity index (χ4n) is 1.94. The van der Waals surface area contributed by atoms with Gasteiger partial charge >= 0.3 is 0 Å². The van der Waals surface area contributed by atoms with E-state index in [0.29, 0.717) is 10.0 Å². The van der Waals surface area contributed by atoms with E-state index in [-0.39, 0.29) is 6.04 Å². The van der Waals surface area contributed by atoms with Crippen LogP contribution < -0.4 is 5.32 Å². The highest BCUT2D eigenvalue weighted by Crippen LogP contribution is 2.28. The van der Waals surface area contributed by atoms with Crippen molar-refractivity contribution in [3.05, 3.63) is 63.9 Å². The van der Waals surface area contributed by atoms with Crippen LogP contribution in [0.15, 0.2) is 42.6 Å². The summed E-state index contributed by atoms with van der Waals surface area (Å²) in [6.45, 7) is 3.03. The van der Waals surface area contributed by atoms with Gasteiger partial charge in [-0.3, -0.25) is 4.98 Å². The summed E-state index contributed by atoms with van der Waals surface area (Å²) in [5.41, 5.74) is 1.96. The summed E-state index contributed by atoms with van der Waals surface area (Å²) >= 11 is 12.2. The summed E-state index contributed by atoms with van der Waals surface area (Å²) in [5, 5.41) is 4.61. The van der Waals surface area contributed by atoms with E-state index in [1.807, 2.05) is 18.2 Å². The number of benzene rings is 1. The van der Waals surface area contributed by atoms with E-state index < -0.39 is 0 Å². The molecule has 0 aliphatic carbocycles. The van der Waals surface area contributed by atoms with E-state index in [1.54, 1.807) is 12.3 Å². The van der Waals surface area contributed by atoms with Crippen molar-refractivity contribution in [1.29, 1.82) is 0 Å². The van der Waals surface area contributed by atoms with Gasteiger partial charge in [0, 0.05) is 6.20 Å². The summed E-state index contributed by atoms with van der Waals surface area (Å²) in [7, 11) is 0. The first kappa shape index (κ1) is 14.3. The maximum atomic E-state index is 6.27. The van der Waals surface area contributed by atoms with Gasteiger partial charge < -0.3 is 5.32 Å². The van der Waals surface area contributed by atoms with Gasteiger partial charge in [0.25, 0.3) is 0 Å². The van der Waals surface area contributed by atoms with E-state index in [1.165, 1.54) is 0 Å². The molecule has 1 heterocycles. The van der Waals surface area contributed by atoms with Crippen LogP contribution in [0.2, 0.25) is 10.0 Å². The number of pyridine rings is 1. The van der Waals surface area contributed by atoms with Crippen LogP contribution in [-0.4, -0.2) is 11.5 Å². The summed E-state index contributed by atoms with van der Waals surface area (Å²) in [6.07, 6.45) is 2.68. The highest BCUT2D eigenvalue weighted by Gasteiger charge is 2.17. The molecule has 0 bridgehead atoms. The van der Waals surface area contributed by atoms with Crippen LogP contribution in [0.4, 0.5) is 0 Å². The number of hydrogen-bond donors (Lipinski definition) is 1. The second-order valence-electron chi connectivity index (χ2n) is 4.32. The largest absolute Gasteiger partial charge is 0.305 e. The Morgan fingerprint density at radius 3 is 2.58 bits per heavy atom. The molecule has 1 unspecified atom stereocenters. The Morgan fingerprint density at radius 2 is 1.95 bits per heavy atom. The van der Waals surface area contributed by atoms with Crippen LogP contribution in [-0.2, 0) is 0 Å². The Balaban J connectivity index is 2.37. The lowest BCUT2D eigenvalue weighted by Gasteiger charge is -2.19. The minimum Gasteiger partial charge on any atom is -0.305 e. The van der Waals surface area contributed by atoms with Gasteiger partial charge in [0.15, 0.2) is 0 Å². The molecule has 0 fully saturated rings. The van der Waals surface area contributed by atoms with Crippen LogP contribution in [0.25, 0.3) is 0 Å². The molecular weight excluding hydrogens is 279 g/mol. The molecule has 0 aliphatic heterocycles. The van der Waals surface area contributed by atoms with E-state index in [4.69, 9.17) is 23.2 Å². The Hall–Kier alpha value is -1.09. The monoisotopic (exact) mass is 294 g/mol. The molecule has 2 aromatic rings. The second-order valence-corrected chi connectivity index (χ2v) is 5.16. The molecule has 19 heavy (non-hydrogen) atoms. The van der Waals surface area contributed by atoms with Crippen molar-refractivity contribution in [2.24, 2.45) is 0 Å². The minimum atomic E-state index is -0.00841. The Labute approximate surface area is 123 Å². The molecule has 2 nitrogen and oxygen atoms in total. The highest BCUT2D eigenvalue weighted by molar-refractivity contribution is 6.34. The van der Waals surface area contributed by atoms with Crippen molar-refractivity contribution in [3.8, 4) is 0 Å². The lowest BCUT2D eigenvalue weighted by molar-refractivity contribution is 0.587. The van der Waals surface area contributed by atoms with E-state index in [0.717, 1.165) is 24.2 Å². The molecule has 0 saturated carbocycles. The Bertz CT molecular complexity index is 529. The quantitative estimate of drug-likeness (QED) is 0.880. The van der Waals surface area contributed by atoms with Crippen LogP contribution in [0.5, 0.6) is 0 Å². The zero-order valence-electron chi connectivity index (χ0n) is 10.7. The molecule has 1 aromatic carbocycles. The first-order chi connectivity index (χ1) is 9.22. The Kier molecular flexibility index (Phi) is 5.20. The summed E-state index contributed by atoms with van der Waals surface area (Å²) in [5.74, 6) is 0. The third kappa shape index (κ3) is 3.69. The molecule has 0 spiro atoms. The van der Waals surface area contributed by atoms with Crippen LogP contribution in [0.3, 0.4) is 0 Å². The fraction of sp³-hybridized carbons (Fsp3) is 0.267. The molecular formula is C15H16Cl2N2. The average molecular weight is 295 g/mol. The molecule has 4 heteroatoms. The molecule has 2 rings (SSSR count). The number of rotatable bonds is 5. The first-order valence-electron chi connectivity index (χ1n) is 6.31. The van der Waals surface area contributed by atoms with E-state index >= 15 is 0 Å². The maximum Gasteiger partial charge on any atom is 0.0805 e. The van der Waals surface area contributed by atoms with Crippen molar-refractivity contribution < 1.29 is 0 Å². The predicted molar refractivity (Wildman–Crippen MR) is 80.8 cm³/mol. The minimum absolute atomic E-state index is 0.00841. The molecule has 0 amide bonds. The van der Waals surface area contributed by atoms with Gasteiger partial charge in [-0.05, 0) is 24.6 Å². The normalized spacial score (nSPS) is 12.4. The summed E-state index contributed by atoms with van der Waals surface area (Å²) < 4.78 is 0. The third-order valence-corrected chi connectivity index (χ3v) is 3.35.